The highest BCUT2D eigenvalue weighted by molar-refractivity contribution is 7.91. The second kappa shape index (κ2) is 8.54. The predicted octanol–water partition coefficient (Wildman–Crippen LogP) is 3.75. The van der Waals surface area contributed by atoms with E-state index in [2.05, 4.69) is 26.1 Å². The zero-order valence-corrected chi connectivity index (χ0v) is 14.5. The zero-order chi connectivity index (χ0) is 15.9. The van der Waals surface area contributed by atoms with Gasteiger partial charge < -0.3 is 5.32 Å². The molecule has 0 aliphatic rings. The third-order valence-electron chi connectivity index (χ3n) is 3.92. The fourth-order valence-electron chi connectivity index (χ4n) is 2.74. The first-order valence-electron chi connectivity index (χ1n) is 8.02. The molecule has 1 N–H and O–H groups in total. The van der Waals surface area contributed by atoms with E-state index in [1.807, 2.05) is 25.1 Å². The molecule has 4 heteroatoms. The van der Waals surface area contributed by atoms with Crippen molar-refractivity contribution in [3.05, 3.63) is 29.8 Å². The highest BCUT2D eigenvalue weighted by Gasteiger charge is 2.24. The molecule has 0 bridgehead atoms. The lowest BCUT2D eigenvalue weighted by molar-refractivity contribution is 0.434. The molecule has 0 saturated heterocycles. The predicted molar refractivity (Wildman–Crippen MR) is 89.6 cm³/mol. The van der Waals surface area contributed by atoms with E-state index in [4.69, 9.17) is 0 Å². The van der Waals surface area contributed by atoms with Crippen molar-refractivity contribution in [2.75, 3.05) is 12.3 Å². The minimum Gasteiger partial charge on any atom is -0.313 e. The third-order valence-corrected chi connectivity index (χ3v) is 5.91. The molecule has 0 fully saturated rings. The van der Waals surface area contributed by atoms with E-state index >= 15 is 0 Å². The van der Waals surface area contributed by atoms with Crippen LogP contribution in [-0.4, -0.2) is 26.8 Å². The van der Waals surface area contributed by atoms with Gasteiger partial charge in [-0.25, -0.2) is 8.42 Å². The van der Waals surface area contributed by atoms with Crippen molar-refractivity contribution in [2.45, 2.75) is 63.8 Å². The Bertz CT molecular complexity index is 525. The van der Waals surface area contributed by atoms with Gasteiger partial charge in [0.2, 0.25) is 0 Å². The highest BCUT2D eigenvalue weighted by Crippen LogP contribution is 2.28. The molecule has 21 heavy (non-hydrogen) atoms. The normalized spacial score (nSPS) is 14.9. The van der Waals surface area contributed by atoms with Crippen molar-refractivity contribution in [1.29, 1.82) is 0 Å². The fourth-order valence-corrected chi connectivity index (χ4v) is 4.40. The smallest absolute Gasteiger partial charge is 0.178 e. The van der Waals surface area contributed by atoms with Gasteiger partial charge in [-0.3, -0.25) is 0 Å². The zero-order valence-electron chi connectivity index (χ0n) is 13.7. The Kier molecular flexibility index (Phi) is 7.40. The van der Waals surface area contributed by atoms with Gasteiger partial charge in [0.1, 0.15) is 0 Å². The summed E-state index contributed by atoms with van der Waals surface area (Å²) in [5, 5.41) is 3.53. The summed E-state index contributed by atoms with van der Waals surface area (Å²) in [6.45, 7) is 9.28. The Hall–Kier alpha value is -0.870. The minimum atomic E-state index is -3.18. The number of hydrogen-bond acceptors (Lipinski definition) is 3. The van der Waals surface area contributed by atoms with E-state index in [1.165, 1.54) is 0 Å². The molecule has 2 unspecified atom stereocenters. The van der Waals surface area contributed by atoms with Crippen LogP contribution in [0, 0.1) is 0 Å². The van der Waals surface area contributed by atoms with Crippen LogP contribution in [0.5, 0.6) is 0 Å². The monoisotopic (exact) mass is 311 g/mol. The fraction of sp³-hybridized carbons (Fsp3) is 0.647. The lowest BCUT2D eigenvalue weighted by Gasteiger charge is -2.26. The molecule has 0 aliphatic heterocycles. The average molecular weight is 311 g/mol. The third kappa shape index (κ3) is 4.82. The second-order valence-electron chi connectivity index (χ2n) is 5.61. The summed E-state index contributed by atoms with van der Waals surface area (Å²) in [4.78, 5) is 0.510. The summed E-state index contributed by atoms with van der Waals surface area (Å²) < 4.78 is 24.9. The lowest BCUT2D eigenvalue weighted by Crippen LogP contribution is -2.34. The van der Waals surface area contributed by atoms with Crippen LogP contribution in [0.1, 0.15) is 58.4 Å². The Balaban J connectivity index is 3.12. The van der Waals surface area contributed by atoms with Crippen molar-refractivity contribution in [2.24, 2.45) is 0 Å². The van der Waals surface area contributed by atoms with Crippen molar-refractivity contribution in [3.63, 3.8) is 0 Å². The van der Waals surface area contributed by atoms with Crippen molar-refractivity contribution in [3.8, 4) is 0 Å². The summed E-state index contributed by atoms with van der Waals surface area (Å²) in [6.07, 6.45) is 2.72. The Morgan fingerprint density at radius 1 is 1.10 bits per heavy atom. The van der Waals surface area contributed by atoms with E-state index in [-0.39, 0.29) is 11.7 Å². The Morgan fingerprint density at radius 2 is 1.76 bits per heavy atom. The number of benzene rings is 1. The molecule has 0 saturated carbocycles. The van der Waals surface area contributed by atoms with Crippen LogP contribution in [-0.2, 0) is 9.84 Å². The number of hydrogen-bond donors (Lipinski definition) is 1. The van der Waals surface area contributed by atoms with Crippen LogP contribution < -0.4 is 5.32 Å². The number of nitrogens with one attached hydrogen (secondary N) is 1. The summed E-state index contributed by atoms with van der Waals surface area (Å²) >= 11 is 0. The van der Waals surface area contributed by atoms with Crippen LogP contribution in [0.15, 0.2) is 29.2 Å². The molecule has 0 aliphatic carbocycles. The first-order chi connectivity index (χ1) is 9.97. The number of rotatable bonds is 9. The van der Waals surface area contributed by atoms with Crippen molar-refractivity contribution < 1.29 is 8.42 Å². The van der Waals surface area contributed by atoms with Crippen LogP contribution in [0.3, 0.4) is 0 Å². The molecular weight excluding hydrogens is 282 g/mol. The summed E-state index contributed by atoms with van der Waals surface area (Å²) in [5.74, 6) is 0.403. The van der Waals surface area contributed by atoms with Crippen LogP contribution in [0.4, 0.5) is 0 Å². The molecule has 0 spiro atoms. The minimum absolute atomic E-state index is 0.185. The van der Waals surface area contributed by atoms with E-state index in [0.29, 0.717) is 17.4 Å². The van der Waals surface area contributed by atoms with Crippen LogP contribution in [0.2, 0.25) is 0 Å². The first-order valence-corrected chi connectivity index (χ1v) is 9.68. The molecule has 2 atom stereocenters. The SMILES string of the molecule is CCCNC(CC)C(C)c1ccccc1S(=O)(=O)CCC. The molecule has 1 aromatic rings. The van der Waals surface area contributed by atoms with Crippen LogP contribution in [0.25, 0.3) is 0 Å². The largest absolute Gasteiger partial charge is 0.313 e. The van der Waals surface area contributed by atoms with Gasteiger partial charge in [-0.1, -0.05) is 45.9 Å². The Labute approximate surface area is 130 Å². The van der Waals surface area contributed by atoms with Gasteiger partial charge in [0.25, 0.3) is 0 Å². The van der Waals surface area contributed by atoms with Gasteiger partial charge in [-0.15, -0.1) is 0 Å². The summed E-state index contributed by atoms with van der Waals surface area (Å²) in [5.41, 5.74) is 0.946. The van der Waals surface area contributed by atoms with Gasteiger partial charge in [0, 0.05) is 6.04 Å². The van der Waals surface area contributed by atoms with Gasteiger partial charge >= 0.3 is 0 Å². The molecule has 0 heterocycles. The van der Waals surface area contributed by atoms with Gasteiger partial charge in [0.15, 0.2) is 9.84 Å². The van der Waals surface area contributed by atoms with E-state index in [9.17, 15) is 8.42 Å². The lowest BCUT2D eigenvalue weighted by atomic mass is 9.91. The first kappa shape index (κ1) is 18.2. The highest BCUT2D eigenvalue weighted by atomic mass is 32.2. The maximum Gasteiger partial charge on any atom is 0.178 e. The molecule has 1 rings (SSSR count). The van der Waals surface area contributed by atoms with Gasteiger partial charge in [-0.05, 0) is 43.4 Å². The number of sulfone groups is 1. The van der Waals surface area contributed by atoms with E-state index in [1.54, 1.807) is 6.07 Å². The maximum atomic E-state index is 12.5. The summed E-state index contributed by atoms with van der Waals surface area (Å²) in [7, 11) is -3.18. The molecular formula is C17H29NO2S. The quantitative estimate of drug-likeness (QED) is 0.755. The molecule has 0 radical (unpaired) electrons. The molecule has 120 valence electrons. The summed E-state index contributed by atoms with van der Waals surface area (Å²) in [6, 6.07) is 7.78. The standard InChI is InChI=1S/C17H29NO2S/c1-5-12-18-16(7-3)14(4)15-10-8-9-11-17(15)21(19,20)13-6-2/h8-11,14,16,18H,5-7,12-13H2,1-4H3. The van der Waals surface area contributed by atoms with E-state index < -0.39 is 9.84 Å². The van der Waals surface area contributed by atoms with Gasteiger partial charge in [0.05, 0.1) is 10.6 Å². The van der Waals surface area contributed by atoms with Crippen molar-refractivity contribution in [1.82, 2.24) is 5.32 Å². The molecule has 0 amide bonds. The van der Waals surface area contributed by atoms with Crippen LogP contribution >= 0.6 is 0 Å². The maximum absolute atomic E-state index is 12.5. The Morgan fingerprint density at radius 3 is 2.33 bits per heavy atom. The van der Waals surface area contributed by atoms with Gasteiger partial charge in [-0.2, -0.15) is 0 Å². The van der Waals surface area contributed by atoms with Crippen molar-refractivity contribution >= 4 is 9.84 Å². The molecule has 0 aromatic heterocycles. The molecule has 1 aromatic carbocycles. The van der Waals surface area contributed by atoms with E-state index in [0.717, 1.165) is 24.9 Å². The second-order valence-corrected chi connectivity index (χ2v) is 7.69. The molecule has 3 nitrogen and oxygen atoms in total. The average Bonchev–Trinajstić information content (AvgIpc) is 2.47. The topological polar surface area (TPSA) is 46.2 Å².